The Balaban J connectivity index is 1.86. The molecule has 2 N–H and O–H groups in total. The standard InChI is InChI=1S/C23H30FN3O6/c1-33-14-19(28)26-10-11-27(23(32)16-8-5-9-17(24)12-16)22(26)21(31)25-18(13-20(29)30)15-6-3-2-4-7-15/h5,8-9,12,15,18,22H,2-4,6-7,10-11,13-14H2,1H3,(H,25,31)(H,29,30). The van der Waals surface area contributed by atoms with Crippen LogP contribution in [0.15, 0.2) is 24.3 Å². The molecule has 2 atom stereocenters. The zero-order valence-corrected chi connectivity index (χ0v) is 18.7. The highest BCUT2D eigenvalue weighted by Gasteiger charge is 2.44. The number of carbonyl (C=O) groups excluding carboxylic acids is 3. The average Bonchev–Trinajstić information content (AvgIpc) is 3.24. The number of carboxylic acid groups (broad SMARTS) is 1. The van der Waals surface area contributed by atoms with Gasteiger partial charge in [0.2, 0.25) is 0 Å². The monoisotopic (exact) mass is 463 g/mol. The molecule has 0 aromatic heterocycles. The molecule has 1 aliphatic heterocycles. The molecule has 1 aromatic rings. The summed E-state index contributed by atoms with van der Waals surface area (Å²) in [5.41, 5.74) is 0.0585. The molecule has 3 rings (SSSR count). The van der Waals surface area contributed by atoms with Crippen molar-refractivity contribution >= 4 is 23.7 Å². The van der Waals surface area contributed by atoms with E-state index in [1.165, 1.54) is 35.1 Å². The number of carbonyl (C=O) groups is 4. The lowest BCUT2D eigenvalue weighted by Crippen LogP contribution is -2.57. The molecule has 0 spiro atoms. The van der Waals surface area contributed by atoms with E-state index in [0.29, 0.717) is 0 Å². The molecule has 2 fully saturated rings. The van der Waals surface area contributed by atoms with E-state index < -0.39 is 41.7 Å². The molecule has 1 saturated carbocycles. The summed E-state index contributed by atoms with van der Waals surface area (Å²) in [5, 5.41) is 12.2. The Morgan fingerprint density at radius 2 is 1.85 bits per heavy atom. The summed E-state index contributed by atoms with van der Waals surface area (Å²) in [6, 6.07) is 4.51. The minimum atomic E-state index is -1.27. The lowest BCUT2D eigenvalue weighted by Gasteiger charge is -2.34. The molecular formula is C23H30FN3O6. The summed E-state index contributed by atoms with van der Waals surface area (Å²) >= 11 is 0. The molecule has 2 aliphatic rings. The van der Waals surface area contributed by atoms with Gasteiger partial charge in [0.05, 0.1) is 6.42 Å². The molecule has 2 unspecified atom stereocenters. The topological polar surface area (TPSA) is 116 Å². The SMILES string of the molecule is COCC(=O)N1CCN(C(=O)c2cccc(F)c2)C1C(=O)NC(CC(=O)O)C1CCCCC1. The largest absolute Gasteiger partial charge is 0.481 e. The lowest BCUT2D eigenvalue weighted by atomic mass is 9.82. The molecule has 0 bridgehead atoms. The third kappa shape index (κ3) is 6.07. The average molecular weight is 464 g/mol. The van der Waals surface area contributed by atoms with Gasteiger partial charge in [-0.15, -0.1) is 0 Å². The number of halogens is 1. The van der Waals surface area contributed by atoms with Gasteiger partial charge in [0.15, 0.2) is 6.17 Å². The van der Waals surface area contributed by atoms with Crippen molar-refractivity contribution in [3.63, 3.8) is 0 Å². The number of nitrogens with one attached hydrogen (secondary N) is 1. The number of ether oxygens (including phenoxy) is 1. The first-order valence-electron chi connectivity index (χ1n) is 11.2. The van der Waals surface area contributed by atoms with Gasteiger partial charge in [-0.3, -0.25) is 19.2 Å². The predicted molar refractivity (Wildman–Crippen MR) is 116 cm³/mol. The van der Waals surface area contributed by atoms with Crippen LogP contribution in [0.3, 0.4) is 0 Å². The van der Waals surface area contributed by atoms with Crippen molar-refractivity contribution in [1.29, 1.82) is 0 Å². The fourth-order valence-corrected chi connectivity index (χ4v) is 4.70. The molecule has 3 amide bonds. The van der Waals surface area contributed by atoms with Gasteiger partial charge in [0, 0.05) is 31.8 Å². The lowest BCUT2D eigenvalue weighted by molar-refractivity contribution is -0.145. The molecule has 1 saturated heterocycles. The van der Waals surface area contributed by atoms with Crippen LogP contribution in [0, 0.1) is 11.7 Å². The molecule has 10 heteroatoms. The van der Waals surface area contributed by atoms with E-state index in [9.17, 15) is 28.7 Å². The Morgan fingerprint density at radius 3 is 2.48 bits per heavy atom. The number of hydrogen-bond donors (Lipinski definition) is 2. The first-order chi connectivity index (χ1) is 15.8. The van der Waals surface area contributed by atoms with E-state index >= 15 is 0 Å². The van der Waals surface area contributed by atoms with Gasteiger partial charge in [0.1, 0.15) is 12.4 Å². The number of carboxylic acids is 1. The number of nitrogens with zero attached hydrogens (tertiary/aromatic N) is 2. The molecule has 180 valence electrons. The van der Waals surface area contributed by atoms with Crippen LogP contribution < -0.4 is 5.32 Å². The number of methoxy groups -OCH3 is 1. The normalized spacial score (nSPS) is 19.9. The van der Waals surface area contributed by atoms with E-state index in [1.807, 2.05) is 0 Å². The van der Waals surface area contributed by atoms with E-state index in [-0.39, 0.29) is 37.6 Å². The highest BCUT2D eigenvalue weighted by molar-refractivity contribution is 5.99. The van der Waals surface area contributed by atoms with Crippen molar-refractivity contribution in [3.8, 4) is 0 Å². The van der Waals surface area contributed by atoms with Crippen LogP contribution in [0.5, 0.6) is 0 Å². The van der Waals surface area contributed by atoms with E-state index in [1.54, 1.807) is 0 Å². The van der Waals surface area contributed by atoms with Gasteiger partial charge < -0.3 is 25.0 Å². The van der Waals surface area contributed by atoms with E-state index in [0.717, 1.165) is 38.2 Å². The van der Waals surface area contributed by atoms with Crippen molar-refractivity contribution in [2.24, 2.45) is 5.92 Å². The Hall–Kier alpha value is -3.01. The molecule has 0 radical (unpaired) electrons. The van der Waals surface area contributed by atoms with Gasteiger partial charge in [-0.25, -0.2) is 4.39 Å². The van der Waals surface area contributed by atoms with Crippen LogP contribution >= 0.6 is 0 Å². The highest BCUT2D eigenvalue weighted by atomic mass is 19.1. The molecule has 1 heterocycles. The van der Waals surface area contributed by atoms with E-state index in [4.69, 9.17) is 4.74 Å². The maximum atomic E-state index is 13.7. The summed E-state index contributed by atoms with van der Waals surface area (Å²) in [6.45, 7) is -0.0861. The summed E-state index contributed by atoms with van der Waals surface area (Å²) in [4.78, 5) is 53.1. The third-order valence-electron chi connectivity index (χ3n) is 6.27. The summed E-state index contributed by atoms with van der Waals surface area (Å²) < 4.78 is 18.6. The Labute approximate surface area is 191 Å². The number of hydrogen-bond acceptors (Lipinski definition) is 5. The second kappa shape index (κ2) is 11.2. The van der Waals surface area contributed by atoms with Crippen molar-refractivity contribution < 1.29 is 33.4 Å². The fourth-order valence-electron chi connectivity index (χ4n) is 4.70. The zero-order chi connectivity index (χ0) is 24.0. The van der Waals surface area contributed by atoms with Crippen LogP contribution in [0.1, 0.15) is 48.9 Å². The number of rotatable bonds is 8. The smallest absolute Gasteiger partial charge is 0.305 e. The quantitative estimate of drug-likeness (QED) is 0.605. The van der Waals surface area contributed by atoms with Gasteiger partial charge in [-0.05, 0) is 37.0 Å². The van der Waals surface area contributed by atoms with Gasteiger partial charge >= 0.3 is 5.97 Å². The minimum absolute atomic E-state index is 0.00991. The second-order valence-corrected chi connectivity index (χ2v) is 8.51. The van der Waals surface area contributed by atoms with Crippen LogP contribution in [0.2, 0.25) is 0 Å². The maximum Gasteiger partial charge on any atom is 0.305 e. The van der Waals surface area contributed by atoms with Gasteiger partial charge in [-0.2, -0.15) is 0 Å². The predicted octanol–water partition coefficient (Wildman–Crippen LogP) is 1.62. The first kappa shape index (κ1) is 24.6. The van der Waals surface area contributed by atoms with Crippen molar-refractivity contribution in [1.82, 2.24) is 15.1 Å². The van der Waals surface area contributed by atoms with E-state index in [2.05, 4.69) is 5.32 Å². The Bertz CT molecular complexity index is 889. The van der Waals surface area contributed by atoms with Crippen molar-refractivity contribution in [3.05, 3.63) is 35.6 Å². The maximum absolute atomic E-state index is 13.7. The summed E-state index contributed by atoms with van der Waals surface area (Å²) in [6.07, 6.45) is 3.09. The van der Waals surface area contributed by atoms with Crippen molar-refractivity contribution in [2.75, 3.05) is 26.8 Å². The molecule has 9 nitrogen and oxygen atoms in total. The number of amides is 3. The van der Waals surface area contributed by atoms with Gasteiger partial charge in [-0.1, -0.05) is 25.3 Å². The minimum Gasteiger partial charge on any atom is -0.481 e. The van der Waals surface area contributed by atoms with Gasteiger partial charge in [0.25, 0.3) is 17.7 Å². The van der Waals surface area contributed by atoms with Crippen LogP contribution in [0.25, 0.3) is 0 Å². The number of aliphatic carboxylic acids is 1. The fraction of sp³-hybridized carbons (Fsp3) is 0.565. The number of benzene rings is 1. The Kier molecular flexibility index (Phi) is 8.37. The van der Waals surface area contributed by atoms with Crippen molar-refractivity contribution in [2.45, 2.75) is 50.7 Å². The molecule has 33 heavy (non-hydrogen) atoms. The van der Waals surface area contributed by atoms with Crippen LogP contribution in [-0.2, 0) is 19.1 Å². The second-order valence-electron chi connectivity index (χ2n) is 8.51. The first-order valence-corrected chi connectivity index (χ1v) is 11.2. The molecular weight excluding hydrogens is 433 g/mol. The summed E-state index contributed by atoms with van der Waals surface area (Å²) in [7, 11) is 1.35. The Morgan fingerprint density at radius 1 is 1.15 bits per heavy atom. The molecule has 1 aromatic carbocycles. The third-order valence-corrected chi connectivity index (χ3v) is 6.27. The van der Waals surface area contributed by atoms with Crippen LogP contribution in [-0.4, -0.2) is 77.6 Å². The highest BCUT2D eigenvalue weighted by Crippen LogP contribution is 2.28. The summed E-state index contributed by atoms with van der Waals surface area (Å²) in [5.74, 6) is -3.30. The van der Waals surface area contributed by atoms with Crippen LogP contribution in [0.4, 0.5) is 4.39 Å². The zero-order valence-electron chi connectivity index (χ0n) is 18.7. The molecule has 1 aliphatic carbocycles.